The van der Waals surface area contributed by atoms with E-state index in [0.717, 1.165) is 35.6 Å². The first-order valence-electron chi connectivity index (χ1n) is 7.63. The number of benzene rings is 1. The minimum atomic E-state index is -0.755. The van der Waals surface area contributed by atoms with Crippen LogP contribution in [0.25, 0.3) is 5.52 Å². The molecule has 2 aromatic heterocycles. The summed E-state index contributed by atoms with van der Waals surface area (Å²) in [6.07, 6.45) is 3.38. The summed E-state index contributed by atoms with van der Waals surface area (Å²) in [5.74, 6) is 1.21. The maximum Gasteiger partial charge on any atom is 0.513 e. The topological polar surface area (TPSA) is 69.0 Å². The highest BCUT2D eigenvalue weighted by atomic mass is 16.7. The third kappa shape index (κ3) is 2.17. The number of hydrogen-bond donors (Lipinski definition) is 0. The van der Waals surface area contributed by atoms with Crippen molar-refractivity contribution in [3.63, 3.8) is 0 Å². The quantitative estimate of drug-likeness (QED) is 0.675. The van der Waals surface area contributed by atoms with Crippen molar-refractivity contribution < 1.29 is 14.3 Å². The highest BCUT2D eigenvalue weighted by molar-refractivity contribution is 5.82. The van der Waals surface area contributed by atoms with E-state index in [2.05, 4.69) is 31.9 Å². The van der Waals surface area contributed by atoms with E-state index in [1.807, 2.05) is 19.1 Å². The molecule has 1 aliphatic rings. The molecule has 0 saturated carbocycles. The van der Waals surface area contributed by atoms with Crippen LogP contribution < -0.4 is 9.64 Å². The lowest BCUT2D eigenvalue weighted by Crippen LogP contribution is -2.16. The Bertz CT molecular complexity index is 935. The summed E-state index contributed by atoms with van der Waals surface area (Å²) in [6, 6.07) is 8.28. The Labute approximate surface area is 138 Å². The zero-order valence-electron chi connectivity index (χ0n) is 13.4. The van der Waals surface area contributed by atoms with Gasteiger partial charge in [-0.15, -0.1) is 0 Å². The number of aryl methyl sites for hydroxylation is 1. The summed E-state index contributed by atoms with van der Waals surface area (Å²) in [5.41, 5.74) is 4.05. The standard InChI is InChI=1S/C17H16N4O3/c1-11-14(24-17(22)23-2)9-21-15(11)16(18-10-19-21)20-8-7-12-5-3-4-6-13(12)20/h3-6,9-10H,7-8H2,1-2H3. The number of hydrogen-bond acceptors (Lipinski definition) is 6. The highest BCUT2D eigenvalue weighted by Gasteiger charge is 2.25. The molecule has 1 aromatic carbocycles. The van der Waals surface area contributed by atoms with Gasteiger partial charge in [-0.3, -0.25) is 0 Å². The van der Waals surface area contributed by atoms with Crippen LogP contribution in [0.4, 0.5) is 16.3 Å². The zero-order chi connectivity index (χ0) is 16.7. The monoisotopic (exact) mass is 324 g/mol. The van der Waals surface area contributed by atoms with Gasteiger partial charge in [0.05, 0.1) is 13.3 Å². The summed E-state index contributed by atoms with van der Waals surface area (Å²) in [6.45, 7) is 2.73. The van der Waals surface area contributed by atoms with Gasteiger partial charge in [0.15, 0.2) is 11.6 Å². The second-order valence-corrected chi connectivity index (χ2v) is 5.58. The zero-order valence-corrected chi connectivity index (χ0v) is 13.4. The Morgan fingerprint density at radius 3 is 2.96 bits per heavy atom. The molecule has 0 N–H and O–H groups in total. The summed E-state index contributed by atoms with van der Waals surface area (Å²) in [4.78, 5) is 18.1. The van der Waals surface area contributed by atoms with Crippen molar-refractivity contribution in [2.24, 2.45) is 0 Å². The van der Waals surface area contributed by atoms with Gasteiger partial charge >= 0.3 is 6.16 Å². The molecule has 7 heteroatoms. The van der Waals surface area contributed by atoms with Crippen molar-refractivity contribution in [3.8, 4) is 5.75 Å². The third-order valence-electron chi connectivity index (χ3n) is 4.26. The normalized spacial score (nSPS) is 13.2. The average molecular weight is 324 g/mol. The third-order valence-corrected chi connectivity index (χ3v) is 4.26. The van der Waals surface area contributed by atoms with Crippen molar-refractivity contribution in [3.05, 3.63) is 47.9 Å². The molecule has 1 aliphatic heterocycles. The Kier molecular flexibility index (Phi) is 3.34. The number of ether oxygens (including phenoxy) is 2. The van der Waals surface area contributed by atoms with E-state index in [4.69, 9.17) is 4.74 Å². The van der Waals surface area contributed by atoms with Crippen molar-refractivity contribution in [2.45, 2.75) is 13.3 Å². The van der Waals surface area contributed by atoms with Gasteiger partial charge in [-0.2, -0.15) is 5.10 Å². The van der Waals surface area contributed by atoms with Gasteiger partial charge in [-0.25, -0.2) is 14.3 Å². The molecule has 0 spiro atoms. The lowest BCUT2D eigenvalue weighted by atomic mass is 10.2. The molecule has 0 fully saturated rings. The molecule has 0 unspecified atom stereocenters. The molecular weight excluding hydrogens is 308 g/mol. The summed E-state index contributed by atoms with van der Waals surface area (Å²) < 4.78 is 11.4. The molecule has 24 heavy (non-hydrogen) atoms. The Morgan fingerprint density at radius 2 is 2.12 bits per heavy atom. The fourth-order valence-electron chi connectivity index (χ4n) is 3.11. The molecule has 0 bridgehead atoms. The molecule has 3 heterocycles. The van der Waals surface area contributed by atoms with Gasteiger partial charge in [-0.1, -0.05) is 18.2 Å². The molecule has 0 amide bonds. The second kappa shape index (κ2) is 5.52. The lowest BCUT2D eigenvalue weighted by molar-refractivity contribution is 0.121. The predicted octanol–water partition coefficient (Wildman–Crippen LogP) is 2.88. The Balaban J connectivity index is 1.84. The number of fused-ring (bicyclic) bond motifs is 2. The van der Waals surface area contributed by atoms with Crippen LogP contribution in [0.15, 0.2) is 36.8 Å². The second-order valence-electron chi connectivity index (χ2n) is 5.58. The summed E-state index contributed by atoms with van der Waals surface area (Å²) in [7, 11) is 1.28. The van der Waals surface area contributed by atoms with Gasteiger partial charge in [-0.05, 0) is 25.0 Å². The summed E-state index contributed by atoms with van der Waals surface area (Å²) >= 11 is 0. The fraction of sp³-hybridized carbons (Fsp3) is 0.235. The van der Waals surface area contributed by atoms with Gasteiger partial charge in [0, 0.05) is 17.8 Å². The van der Waals surface area contributed by atoms with Crippen LogP contribution in [-0.4, -0.2) is 34.4 Å². The molecule has 122 valence electrons. The molecule has 0 saturated heterocycles. The number of nitrogens with zero attached hydrogens (tertiary/aromatic N) is 4. The van der Waals surface area contributed by atoms with Crippen LogP contribution in [0.3, 0.4) is 0 Å². The minimum absolute atomic E-state index is 0.413. The highest BCUT2D eigenvalue weighted by Crippen LogP contribution is 2.37. The van der Waals surface area contributed by atoms with Gasteiger partial charge < -0.3 is 14.4 Å². The Morgan fingerprint density at radius 1 is 1.29 bits per heavy atom. The first-order chi connectivity index (χ1) is 11.7. The number of carbonyl (C=O) groups is 1. The van der Waals surface area contributed by atoms with Crippen LogP contribution in [0.5, 0.6) is 5.75 Å². The van der Waals surface area contributed by atoms with Gasteiger partial charge in [0.2, 0.25) is 0 Å². The van der Waals surface area contributed by atoms with E-state index >= 15 is 0 Å². The number of methoxy groups -OCH3 is 1. The average Bonchev–Trinajstić information content (AvgIpc) is 3.17. The maximum absolute atomic E-state index is 11.4. The number of anilines is 2. The molecule has 0 radical (unpaired) electrons. The predicted molar refractivity (Wildman–Crippen MR) is 87.9 cm³/mol. The molecule has 0 atom stereocenters. The number of para-hydroxylation sites is 1. The van der Waals surface area contributed by atoms with Gasteiger partial charge in [0.1, 0.15) is 11.8 Å². The molecular formula is C17H16N4O3. The van der Waals surface area contributed by atoms with Crippen LogP contribution in [0, 0.1) is 6.92 Å². The van der Waals surface area contributed by atoms with E-state index in [1.165, 1.54) is 19.0 Å². The largest absolute Gasteiger partial charge is 0.513 e. The van der Waals surface area contributed by atoms with Crippen LogP contribution in [0.2, 0.25) is 0 Å². The fourth-order valence-corrected chi connectivity index (χ4v) is 3.11. The van der Waals surface area contributed by atoms with Gasteiger partial charge in [0.25, 0.3) is 0 Å². The van der Waals surface area contributed by atoms with Crippen LogP contribution >= 0.6 is 0 Å². The summed E-state index contributed by atoms with van der Waals surface area (Å²) in [5, 5.41) is 4.23. The molecule has 3 aromatic rings. The van der Waals surface area contributed by atoms with E-state index in [-0.39, 0.29) is 0 Å². The first-order valence-corrected chi connectivity index (χ1v) is 7.63. The maximum atomic E-state index is 11.4. The van der Waals surface area contributed by atoms with Crippen LogP contribution in [0.1, 0.15) is 11.1 Å². The molecule has 0 aliphatic carbocycles. The minimum Gasteiger partial charge on any atom is -0.437 e. The van der Waals surface area contributed by atoms with Crippen molar-refractivity contribution in [2.75, 3.05) is 18.6 Å². The van der Waals surface area contributed by atoms with E-state index in [9.17, 15) is 4.79 Å². The van der Waals surface area contributed by atoms with E-state index in [1.54, 1.807) is 10.7 Å². The molecule has 7 nitrogen and oxygen atoms in total. The van der Waals surface area contributed by atoms with Crippen LogP contribution in [-0.2, 0) is 11.2 Å². The molecule has 4 rings (SSSR count). The van der Waals surface area contributed by atoms with E-state index < -0.39 is 6.16 Å². The van der Waals surface area contributed by atoms with E-state index in [0.29, 0.717) is 5.75 Å². The van der Waals surface area contributed by atoms with Crippen molar-refractivity contribution in [1.82, 2.24) is 14.6 Å². The Hall–Kier alpha value is -3.09. The number of carbonyl (C=O) groups excluding carboxylic acids is 1. The number of aromatic nitrogens is 3. The smallest absolute Gasteiger partial charge is 0.437 e. The number of rotatable bonds is 2. The first kappa shape index (κ1) is 14.5. The van der Waals surface area contributed by atoms with Crippen molar-refractivity contribution >= 4 is 23.2 Å². The SMILES string of the molecule is COC(=O)Oc1cn2ncnc(N3CCc4ccccc43)c2c1C. The lowest BCUT2D eigenvalue weighted by Gasteiger charge is -2.19. The van der Waals surface area contributed by atoms with Crippen molar-refractivity contribution in [1.29, 1.82) is 0 Å².